The third kappa shape index (κ3) is 4.03. The van der Waals surface area contributed by atoms with Crippen LogP contribution in [0.3, 0.4) is 0 Å². The normalized spacial score (nSPS) is 10.7. The van der Waals surface area contributed by atoms with E-state index in [4.69, 9.17) is 10.6 Å². The van der Waals surface area contributed by atoms with Crippen LogP contribution in [0.15, 0.2) is 41.6 Å². The van der Waals surface area contributed by atoms with Crippen molar-refractivity contribution in [2.45, 2.75) is 5.16 Å². The molecule has 3 aromatic rings. The predicted molar refractivity (Wildman–Crippen MR) is 97.8 cm³/mol. The van der Waals surface area contributed by atoms with Crippen LogP contribution in [0.2, 0.25) is 0 Å². The number of aromatic nitrogens is 3. The fourth-order valence-corrected chi connectivity index (χ4v) is 2.91. The van der Waals surface area contributed by atoms with E-state index in [1.807, 2.05) is 0 Å². The molecular weight excluding hydrogens is 395 g/mol. The van der Waals surface area contributed by atoms with E-state index in [0.29, 0.717) is 17.1 Å². The summed E-state index contributed by atoms with van der Waals surface area (Å²) >= 11 is 0.948. The summed E-state index contributed by atoms with van der Waals surface area (Å²) in [6.45, 7) is 0. The van der Waals surface area contributed by atoms with Gasteiger partial charge in [-0.3, -0.25) is 4.79 Å². The molecule has 0 aliphatic rings. The van der Waals surface area contributed by atoms with Crippen LogP contribution >= 0.6 is 11.8 Å². The standard InChI is InChI=1S/C17H14F3N5O2S/c1-27-10-4-2-9(3-5-10)16-23-24-17(25(16)21)28-8-13(26)22-12-7-6-11(18)14(19)15(12)20/h2-7H,8,21H2,1H3,(H,22,26). The maximum Gasteiger partial charge on any atom is 0.234 e. The molecule has 0 bridgehead atoms. The molecule has 1 amide bonds. The van der Waals surface area contributed by atoms with Crippen molar-refractivity contribution < 1.29 is 22.7 Å². The van der Waals surface area contributed by atoms with E-state index in [9.17, 15) is 18.0 Å². The summed E-state index contributed by atoms with van der Waals surface area (Å²) in [5.41, 5.74) is 0.230. The van der Waals surface area contributed by atoms with Gasteiger partial charge in [0.15, 0.2) is 23.3 Å². The van der Waals surface area contributed by atoms with Gasteiger partial charge in [-0.25, -0.2) is 17.8 Å². The largest absolute Gasteiger partial charge is 0.497 e. The third-order valence-corrected chi connectivity index (χ3v) is 4.60. The summed E-state index contributed by atoms with van der Waals surface area (Å²) in [5, 5.41) is 10.3. The Kier molecular flexibility index (Phi) is 5.73. The molecule has 1 aromatic heterocycles. The van der Waals surface area contributed by atoms with Crippen molar-refractivity contribution in [1.29, 1.82) is 0 Å². The molecule has 0 saturated heterocycles. The fraction of sp³-hybridized carbons (Fsp3) is 0.118. The molecule has 0 saturated carbocycles. The number of anilines is 1. The van der Waals surface area contributed by atoms with Gasteiger partial charge in [0, 0.05) is 5.56 Å². The minimum Gasteiger partial charge on any atom is -0.497 e. The van der Waals surface area contributed by atoms with Crippen LogP contribution < -0.4 is 15.9 Å². The third-order valence-electron chi connectivity index (χ3n) is 3.65. The molecule has 146 valence electrons. The van der Waals surface area contributed by atoms with Crippen molar-refractivity contribution in [2.75, 3.05) is 24.0 Å². The number of nitrogens with zero attached hydrogens (tertiary/aromatic N) is 3. The summed E-state index contributed by atoms with van der Waals surface area (Å²) in [5.74, 6) is 1.69. The van der Waals surface area contributed by atoms with E-state index >= 15 is 0 Å². The van der Waals surface area contributed by atoms with Crippen molar-refractivity contribution >= 4 is 23.4 Å². The molecule has 3 N–H and O–H groups in total. The van der Waals surface area contributed by atoms with Gasteiger partial charge in [-0.2, -0.15) is 0 Å². The number of thioether (sulfide) groups is 1. The predicted octanol–water partition coefficient (Wildman–Crippen LogP) is 2.82. The Bertz CT molecular complexity index is 1010. The summed E-state index contributed by atoms with van der Waals surface area (Å²) < 4.78 is 46.0. The summed E-state index contributed by atoms with van der Waals surface area (Å²) in [6.07, 6.45) is 0. The molecule has 0 fully saturated rings. The molecule has 0 aliphatic carbocycles. The van der Waals surface area contributed by atoms with Gasteiger partial charge in [0.1, 0.15) is 5.75 Å². The maximum absolute atomic E-state index is 13.6. The quantitative estimate of drug-likeness (QED) is 0.369. The second-order valence-electron chi connectivity index (χ2n) is 5.46. The minimum atomic E-state index is -1.66. The number of nitrogens with one attached hydrogen (secondary N) is 1. The van der Waals surface area contributed by atoms with Gasteiger partial charge in [0.05, 0.1) is 18.6 Å². The van der Waals surface area contributed by atoms with Crippen molar-refractivity contribution in [1.82, 2.24) is 14.9 Å². The number of methoxy groups -OCH3 is 1. The lowest BCUT2D eigenvalue weighted by molar-refractivity contribution is -0.113. The van der Waals surface area contributed by atoms with Crippen LogP contribution in [0.4, 0.5) is 18.9 Å². The molecule has 28 heavy (non-hydrogen) atoms. The highest BCUT2D eigenvalue weighted by Crippen LogP contribution is 2.24. The zero-order chi connectivity index (χ0) is 20.3. The van der Waals surface area contributed by atoms with Gasteiger partial charge in [0.2, 0.25) is 11.1 Å². The number of carbonyl (C=O) groups is 1. The summed E-state index contributed by atoms with van der Waals surface area (Å²) in [6, 6.07) is 8.63. The van der Waals surface area contributed by atoms with E-state index in [1.165, 1.54) is 4.68 Å². The van der Waals surface area contributed by atoms with E-state index < -0.39 is 29.0 Å². The number of rotatable bonds is 6. The number of hydrogen-bond donors (Lipinski definition) is 2. The Morgan fingerprint density at radius 2 is 1.86 bits per heavy atom. The minimum absolute atomic E-state index is 0.198. The lowest BCUT2D eigenvalue weighted by atomic mass is 10.2. The number of nitrogens with two attached hydrogens (primary N) is 1. The molecular formula is C17H14F3N5O2S. The first-order chi connectivity index (χ1) is 13.4. The molecule has 0 spiro atoms. The Morgan fingerprint density at radius 3 is 2.54 bits per heavy atom. The van der Waals surface area contributed by atoms with E-state index in [-0.39, 0.29) is 10.9 Å². The first kappa shape index (κ1) is 19.5. The molecule has 0 aliphatic heterocycles. The van der Waals surface area contributed by atoms with Gasteiger partial charge in [-0.05, 0) is 36.4 Å². The average molecular weight is 409 g/mol. The number of hydrogen-bond acceptors (Lipinski definition) is 6. The lowest BCUT2D eigenvalue weighted by Crippen LogP contribution is -2.17. The second-order valence-corrected chi connectivity index (χ2v) is 6.41. The Balaban J connectivity index is 1.65. The van der Waals surface area contributed by atoms with E-state index in [0.717, 1.165) is 23.9 Å². The van der Waals surface area contributed by atoms with Crippen LogP contribution in [0.25, 0.3) is 11.4 Å². The number of halogens is 3. The van der Waals surface area contributed by atoms with Crippen LogP contribution in [0.5, 0.6) is 5.75 Å². The molecule has 2 aromatic carbocycles. The highest BCUT2D eigenvalue weighted by molar-refractivity contribution is 7.99. The first-order valence-corrected chi connectivity index (χ1v) is 8.80. The van der Waals surface area contributed by atoms with Gasteiger partial charge < -0.3 is 15.9 Å². The van der Waals surface area contributed by atoms with Crippen LogP contribution in [-0.4, -0.2) is 33.6 Å². The topological polar surface area (TPSA) is 95.1 Å². The Labute approximate surface area is 161 Å². The Morgan fingerprint density at radius 1 is 1.14 bits per heavy atom. The van der Waals surface area contributed by atoms with Gasteiger partial charge in [-0.15, -0.1) is 10.2 Å². The summed E-state index contributed by atoms with van der Waals surface area (Å²) in [7, 11) is 1.55. The SMILES string of the molecule is COc1ccc(-c2nnc(SCC(=O)Nc3ccc(F)c(F)c3F)n2N)cc1. The number of benzene rings is 2. The molecule has 0 unspecified atom stereocenters. The van der Waals surface area contributed by atoms with Crippen LogP contribution in [-0.2, 0) is 4.79 Å². The van der Waals surface area contributed by atoms with E-state index in [1.54, 1.807) is 31.4 Å². The monoisotopic (exact) mass is 409 g/mol. The molecule has 0 radical (unpaired) electrons. The zero-order valence-corrected chi connectivity index (χ0v) is 15.3. The van der Waals surface area contributed by atoms with Crippen LogP contribution in [0, 0.1) is 17.5 Å². The van der Waals surface area contributed by atoms with Gasteiger partial charge >= 0.3 is 0 Å². The summed E-state index contributed by atoms with van der Waals surface area (Å²) in [4.78, 5) is 12.0. The first-order valence-electron chi connectivity index (χ1n) is 7.81. The van der Waals surface area contributed by atoms with Crippen LogP contribution in [0.1, 0.15) is 0 Å². The van der Waals surface area contributed by atoms with Crippen molar-refractivity contribution in [2.24, 2.45) is 0 Å². The molecule has 7 nitrogen and oxygen atoms in total. The number of ether oxygens (including phenoxy) is 1. The van der Waals surface area contributed by atoms with Crippen molar-refractivity contribution in [3.05, 3.63) is 53.8 Å². The second kappa shape index (κ2) is 8.21. The fourth-order valence-electron chi connectivity index (χ4n) is 2.25. The number of carbonyl (C=O) groups excluding carboxylic acids is 1. The molecule has 11 heteroatoms. The smallest absolute Gasteiger partial charge is 0.234 e. The lowest BCUT2D eigenvalue weighted by Gasteiger charge is -2.07. The van der Waals surface area contributed by atoms with Crippen molar-refractivity contribution in [3.63, 3.8) is 0 Å². The van der Waals surface area contributed by atoms with Gasteiger partial charge in [-0.1, -0.05) is 11.8 Å². The maximum atomic E-state index is 13.6. The highest BCUT2D eigenvalue weighted by atomic mass is 32.2. The molecule has 3 rings (SSSR count). The molecule has 1 heterocycles. The highest BCUT2D eigenvalue weighted by Gasteiger charge is 2.17. The number of amides is 1. The molecule has 0 atom stereocenters. The van der Waals surface area contributed by atoms with Crippen molar-refractivity contribution in [3.8, 4) is 17.1 Å². The average Bonchev–Trinajstić information content (AvgIpc) is 3.07. The zero-order valence-electron chi connectivity index (χ0n) is 14.4. The van der Waals surface area contributed by atoms with Gasteiger partial charge in [0.25, 0.3) is 0 Å². The number of nitrogen functional groups attached to an aromatic ring is 1. The Hall–Kier alpha value is -3.21. The van der Waals surface area contributed by atoms with E-state index in [2.05, 4.69) is 15.5 Å².